The highest BCUT2D eigenvalue weighted by Crippen LogP contribution is 2.42. The van der Waals surface area contributed by atoms with Crippen LogP contribution in [0.15, 0.2) is 22.0 Å². The zero-order valence-corrected chi connectivity index (χ0v) is 16.6. The molecule has 0 bridgehead atoms. The van der Waals surface area contributed by atoms with Crippen LogP contribution in [0, 0.1) is 5.82 Å². The number of H-pyrrole nitrogens is 1. The number of fused-ring (bicyclic) bond motifs is 1. The summed E-state index contributed by atoms with van der Waals surface area (Å²) in [5.74, 6) is -1.48. The first-order valence-electron chi connectivity index (χ1n) is 8.71. The summed E-state index contributed by atoms with van der Waals surface area (Å²) in [5.41, 5.74) is -0.559. The van der Waals surface area contributed by atoms with Gasteiger partial charge in [-0.15, -0.1) is 0 Å². The van der Waals surface area contributed by atoms with Crippen molar-refractivity contribution in [3.63, 3.8) is 0 Å². The fraction of sp³-hybridized carbons (Fsp3) is 0.421. The zero-order valence-electron chi connectivity index (χ0n) is 15.0. The number of nitrogens with one attached hydrogen (secondary N) is 1. The molecule has 1 saturated carbocycles. The van der Waals surface area contributed by atoms with E-state index in [2.05, 4.69) is 4.98 Å². The summed E-state index contributed by atoms with van der Waals surface area (Å²) in [7, 11) is 0. The highest BCUT2D eigenvalue weighted by molar-refractivity contribution is 8.01. The highest BCUT2D eigenvalue weighted by Gasteiger charge is 2.38. The smallest absolute Gasteiger partial charge is 0.344 e. The predicted molar refractivity (Wildman–Crippen MR) is 103 cm³/mol. The van der Waals surface area contributed by atoms with Crippen LogP contribution in [0.25, 0.3) is 10.9 Å². The lowest BCUT2D eigenvalue weighted by molar-refractivity contribution is -0.122. The van der Waals surface area contributed by atoms with Crippen molar-refractivity contribution in [2.45, 2.75) is 49.3 Å². The van der Waals surface area contributed by atoms with Crippen molar-refractivity contribution in [2.75, 3.05) is 6.61 Å². The molecule has 0 radical (unpaired) electrons. The molecule has 1 unspecified atom stereocenters. The van der Waals surface area contributed by atoms with E-state index in [9.17, 15) is 18.8 Å². The maximum atomic E-state index is 13.8. The van der Waals surface area contributed by atoms with Gasteiger partial charge in [-0.1, -0.05) is 29.8 Å². The van der Waals surface area contributed by atoms with Crippen LogP contribution >= 0.6 is 23.4 Å². The second kappa shape index (κ2) is 7.64. The van der Waals surface area contributed by atoms with Crippen LogP contribution in [-0.4, -0.2) is 28.1 Å². The average Bonchev–Trinajstić information content (AvgIpc) is 2.60. The Hall–Kier alpha value is -1.86. The van der Waals surface area contributed by atoms with Gasteiger partial charge in [0, 0.05) is 11.8 Å². The number of aromatic amines is 1. The van der Waals surface area contributed by atoms with E-state index in [1.54, 1.807) is 6.92 Å². The minimum absolute atomic E-state index is 0.00410. The number of halogens is 2. The molecule has 0 spiro atoms. The number of aromatic nitrogens is 1. The zero-order chi connectivity index (χ0) is 19.8. The summed E-state index contributed by atoms with van der Waals surface area (Å²) in [6.45, 7) is 3.53. The predicted octanol–water partition coefficient (Wildman–Crippen LogP) is 4.49. The third-order valence-electron chi connectivity index (χ3n) is 4.71. The molecule has 1 aliphatic carbocycles. The lowest BCUT2D eigenvalue weighted by Crippen LogP contribution is -2.35. The molecule has 2 aromatic rings. The number of thioether (sulfide) groups is 1. The summed E-state index contributed by atoms with van der Waals surface area (Å²) >= 11 is 6.99. The molecule has 5 nitrogen and oxygen atoms in total. The van der Waals surface area contributed by atoms with E-state index < -0.39 is 22.0 Å². The van der Waals surface area contributed by atoms with Crippen LogP contribution in [0.4, 0.5) is 4.39 Å². The van der Waals surface area contributed by atoms with Gasteiger partial charge in [0.15, 0.2) is 0 Å². The van der Waals surface area contributed by atoms with E-state index in [0.717, 1.165) is 30.7 Å². The number of ether oxygens (including phenoxy) is 1. The molecule has 1 heterocycles. The molecule has 144 valence electrons. The maximum Gasteiger partial charge on any atom is 0.344 e. The van der Waals surface area contributed by atoms with Crippen molar-refractivity contribution in [3.05, 3.63) is 38.8 Å². The summed E-state index contributed by atoms with van der Waals surface area (Å²) in [5, 5.41) is 0.105. The first kappa shape index (κ1) is 19.9. The second-order valence-corrected chi connectivity index (χ2v) is 8.57. The van der Waals surface area contributed by atoms with E-state index in [4.69, 9.17) is 16.3 Å². The normalized spacial score (nSPS) is 20.1. The molecule has 3 rings (SSSR count). The minimum Gasteiger partial charge on any atom is -0.462 e. The Morgan fingerprint density at radius 1 is 1.37 bits per heavy atom. The number of hydrogen-bond acceptors (Lipinski definition) is 5. The summed E-state index contributed by atoms with van der Waals surface area (Å²) in [6.07, 6.45) is 2.83. The summed E-state index contributed by atoms with van der Waals surface area (Å²) in [4.78, 5) is 40.8. The van der Waals surface area contributed by atoms with Crippen molar-refractivity contribution in [1.82, 2.24) is 4.98 Å². The van der Waals surface area contributed by atoms with Crippen molar-refractivity contribution >= 4 is 46.0 Å². The van der Waals surface area contributed by atoms with Gasteiger partial charge in [-0.2, -0.15) is 0 Å². The summed E-state index contributed by atoms with van der Waals surface area (Å²) < 4.78 is 18.1. The Bertz CT molecular complexity index is 990. The van der Waals surface area contributed by atoms with Gasteiger partial charge in [0.1, 0.15) is 17.2 Å². The lowest BCUT2D eigenvalue weighted by Gasteiger charge is -2.31. The van der Waals surface area contributed by atoms with Gasteiger partial charge in [-0.05, 0) is 38.8 Å². The quantitative estimate of drug-likeness (QED) is 0.750. The first-order valence-corrected chi connectivity index (χ1v) is 9.90. The Labute approximate surface area is 164 Å². The maximum absolute atomic E-state index is 13.8. The van der Waals surface area contributed by atoms with E-state index >= 15 is 0 Å². The van der Waals surface area contributed by atoms with E-state index in [-0.39, 0.29) is 33.4 Å². The Morgan fingerprint density at radius 3 is 2.78 bits per heavy atom. The van der Waals surface area contributed by atoms with E-state index in [1.165, 1.54) is 6.07 Å². The van der Waals surface area contributed by atoms with Crippen LogP contribution in [-0.2, 0) is 9.53 Å². The van der Waals surface area contributed by atoms with Crippen molar-refractivity contribution in [1.29, 1.82) is 0 Å². The molecule has 1 N–H and O–H groups in total. The molecule has 1 atom stereocenters. The van der Waals surface area contributed by atoms with E-state index in [1.807, 2.05) is 6.92 Å². The van der Waals surface area contributed by atoms with Crippen LogP contribution in [0.2, 0.25) is 5.02 Å². The van der Waals surface area contributed by atoms with Crippen LogP contribution in [0.5, 0.6) is 0 Å². The minimum atomic E-state index is -0.801. The molecular weight excluding hydrogens is 393 g/mol. The van der Waals surface area contributed by atoms with Gasteiger partial charge in [-0.25, -0.2) is 9.18 Å². The SMILES string of the molecule is CCOC(=O)c1c(SC2(C)CCCCC2=O)[nH]c2cc(Cl)c(F)cc2c1=O. The monoisotopic (exact) mass is 411 g/mol. The number of esters is 1. The molecule has 1 aliphatic rings. The standard InChI is InChI=1S/C19H19ClFNO4S/c1-3-26-18(25)15-16(24)10-8-12(21)11(20)9-13(10)22-17(15)27-19(2)7-5-4-6-14(19)23/h8-9H,3-7H2,1-2H3,(H,22,24). The molecule has 1 aromatic carbocycles. The number of Topliss-reactive ketones (excluding diaryl/α,β-unsaturated/α-hetero) is 1. The van der Waals surface area contributed by atoms with Gasteiger partial charge < -0.3 is 9.72 Å². The van der Waals surface area contributed by atoms with E-state index in [0.29, 0.717) is 18.4 Å². The molecule has 27 heavy (non-hydrogen) atoms. The van der Waals surface area contributed by atoms with Crippen LogP contribution in [0.1, 0.15) is 49.9 Å². The first-order chi connectivity index (χ1) is 12.8. The largest absolute Gasteiger partial charge is 0.462 e. The van der Waals surface area contributed by atoms with Gasteiger partial charge in [-0.3, -0.25) is 9.59 Å². The number of ketones is 1. The Balaban J connectivity index is 2.21. The fourth-order valence-corrected chi connectivity index (χ4v) is 4.73. The fourth-order valence-electron chi connectivity index (χ4n) is 3.21. The molecule has 1 fully saturated rings. The van der Waals surface area contributed by atoms with Crippen molar-refractivity contribution in [3.8, 4) is 0 Å². The molecular formula is C19H19ClFNO4S. The van der Waals surface area contributed by atoms with Crippen LogP contribution in [0.3, 0.4) is 0 Å². The van der Waals surface area contributed by atoms with Gasteiger partial charge in [0.05, 0.1) is 26.9 Å². The van der Waals surface area contributed by atoms with Gasteiger partial charge in [0.2, 0.25) is 5.43 Å². The number of benzene rings is 1. The van der Waals surface area contributed by atoms with Gasteiger partial charge >= 0.3 is 5.97 Å². The molecule has 8 heteroatoms. The Kier molecular flexibility index (Phi) is 5.63. The molecule has 0 amide bonds. The number of carbonyl (C=O) groups is 2. The highest BCUT2D eigenvalue weighted by atomic mass is 35.5. The topological polar surface area (TPSA) is 76.2 Å². The van der Waals surface area contributed by atoms with Crippen molar-refractivity contribution < 1.29 is 18.7 Å². The number of rotatable bonds is 4. The lowest BCUT2D eigenvalue weighted by atomic mass is 9.89. The number of hydrogen-bond donors (Lipinski definition) is 1. The average molecular weight is 412 g/mol. The third-order valence-corrected chi connectivity index (χ3v) is 6.39. The second-order valence-electron chi connectivity index (χ2n) is 6.65. The molecule has 1 aromatic heterocycles. The molecule has 0 saturated heterocycles. The summed E-state index contributed by atoms with van der Waals surface area (Å²) in [6, 6.07) is 2.30. The van der Waals surface area contributed by atoms with Crippen LogP contribution < -0.4 is 5.43 Å². The van der Waals surface area contributed by atoms with Gasteiger partial charge in [0.25, 0.3) is 0 Å². The molecule has 0 aliphatic heterocycles. The Morgan fingerprint density at radius 2 is 2.11 bits per heavy atom. The number of pyridine rings is 1. The van der Waals surface area contributed by atoms with Crippen molar-refractivity contribution in [2.24, 2.45) is 0 Å². The third kappa shape index (κ3) is 3.75. The number of carbonyl (C=O) groups excluding carboxylic acids is 2.